The van der Waals surface area contributed by atoms with Crippen molar-refractivity contribution in [3.63, 3.8) is 0 Å². The van der Waals surface area contributed by atoms with Gasteiger partial charge in [0, 0.05) is 25.7 Å². The van der Waals surface area contributed by atoms with Crippen molar-refractivity contribution in [1.29, 1.82) is 0 Å². The molecular weight excluding hydrogens is 426 g/mol. The Bertz CT molecular complexity index is 1150. The molecule has 162 valence electrons. The van der Waals surface area contributed by atoms with Crippen LogP contribution in [0, 0.1) is 11.6 Å². The number of hydrogen-bond donors (Lipinski definition) is 3. The second-order valence-electron chi connectivity index (χ2n) is 7.20. The SMILES string of the molecule is O=C(Nc1nc2ccc(F)cc2s1)N1CC=C(c2ncc(CC(O)CO)cc2F)CC1. The van der Waals surface area contributed by atoms with Gasteiger partial charge in [-0.2, -0.15) is 0 Å². The first kappa shape index (κ1) is 21.3. The monoisotopic (exact) mass is 446 g/mol. The molecule has 10 heteroatoms. The van der Waals surface area contributed by atoms with Gasteiger partial charge in [-0.25, -0.2) is 18.6 Å². The number of halogens is 2. The van der Waals surface area contributed by atoms with Crippen molar-refractivity contribution in [2.75, 3.05) is 25.0 Å². The second kappa shape index (κ2) is 9.04. The fraction of sp³-hybridized carbons (Fsp3) is 0.286. The number of amides is 2. The summed E-state index contributed by atoms with van der Waals surface area (Å²) < 4.78 is 28.5. The number of aliphatic hydroxyl groups is 2. The van der Waals surface area contributed by atoms with Gasteiger partial charge in [0.15, 0.2) is 5.13 Å². The van der Waals surface area contributed by atoms with Crippen LogP contribution in [-0.4, -0.2) is 56.9 Å². The zero-order chi connectivity index (χ0) is 22.0. The van der Waals surface area contributed by atoms with Crippen molar-refractivity contribution in [3.05, 3.63) is 59.4 Å². The van der Waals surface area contributed by atoms with Crippen molar-refractivity contribution in [1.82, 2.24) is 14.9 Å². The van der Waals surface area contributed by atoms with Crippen LogP contribution in [0.4, 0.5) is 18.7 Å². The first-order chi connectivity index (χ1) is 14.9. The van der Waals surface area contributed by atoms with Gasteiger partial charge in [0.05, 0.1) is 22.9 Å². The molecule has 3 N–H and O–H groups in total. The first-order valence-electron chi connectivity index (χ1n) is 9.67. The van der Waals surface area contributed by atoms with E-state index in [1.807, 2.05) is 0 Å². The van der Waals surface area contributed by atoms with Crippen molar-refractivity contribution in [2.45, 2.75) is 18.9 Å². The number of carbonyl (C=O) groups excluding carboxylic acids is 1. The van der Waals surface area contributed by atoms with Crippen LogP contribution in [0.25, 0.3) is 15.8 Å². The molecule has 0 fully saturated rings. The van der Waals surface area contributed by atoms with Gasteiger partial charge in [0.1, 0.15) is 17.3 Å². The van der Waals surface area contributed by atoms with Crippen LogP contribution < -0.4 is 5.32 Å². The molecule has 1 aromatic carbocycles. The predicted octanol–water partition coefficient (Wildman–Crippen LogP) is 3.19. The lowest BCUT2D eigenvalue weighted by Gasteiger charge is -2.26. The molecule has 3 heterocycles. The Kier molecular flexibility index (Phi) is 6.21. The van der Waals surface area contributed by atoms with Crippen LogP contribution in [0.1, 0.15) is 17.7 Å². The number of aliphatic hydroxyl groups excluding tert-OH is 2. The van der Waals surface area contributed by atoms with Gasteiger partial charge < -0.3 is 15.1 Å². The van der Waals surface area contributed by atoms with Gasteiger partial charge in [-0.3, -0.25) is 10.3 Å². The number of nitrogens with one attached hydrogen (secondary N) is 1. The van der Waals surface area contributed by atoms with E-state index in [4.69, 9.17) is 5.11 Å². The number of nitrogens with zero attached hydrogens (tertiary/aromatic N) is 3. The smallest absolute Gasteiger partial charge is 0.323 e. The Labute approximate surface area is 180 Å². The molecule has 1 aliphatic heterocycles. The highest BCUT2D eigenvalue weighted by atomic mass is 32.1. The number of carbonyl (C=O) groups is 1. The number of pyridine rings is 1. The molecule has 1 aliphatic rings. The average Bonchev–Trinajstić information content (AvgIpc) is 3.15. The first-order valence-corrected chi connectivity index (χ1v) is 10.5. The number of benzene rings is 1. The number of fused-ring (bicyclic) bond motifs is 1. The summed E-state index contributed by atoms with van der Waals surface area (Å²) in [5.41, 5.74) is 2.02. The van der Waals surface area contributed by atoms with E-state index in [0.29, 0.717) is 39.5 Å². The third kappa shape index (κ3) is 4.87. The molecular formula is C21H20F2N4O3S. The normalized spacial score (nSPS) is 15.1. The van der Waals surface area contributed by atoms with E-state index in [1.165, 1.54) is 35.7 Å². The lowest BCUT2D eigenvalue weighted by Crippen LogP contribution is -2.38. The minimum Gasteiger partial charge on any atom is -0.394 e. The van der Waals surface area contributed by atoms with Crippen LogP contribution in [0.3, 0.4) is 0 Å². The highest BCUT2D eigenvalue weighted by molar-refractivity contribution is 7.22. The largest absolute Gasteiger partial charge is 0.394 e. The molecule has 1 atom stereocenters. The van der Waals surface area contributed by atoms with Crippen LogP contribution in [-0.2, 0) is 6.42 Å². The topological polar surface area (TPSA) is 98.6 Å². The van der Waals surface area contributed by atoms with Crippen LogP contribution >= 0.6 is 11.3 Å². The van der Waals surface area contributed by atoms with E-state index in [0.717, 1.165) is 0 Å². The van der Waals surface area contributed by atoms with Gasteiger partial charge in [0.25, 0.3) is 0 Å². The molecule has 4 rings (SSSR count). The summed E-state index contributed by atoms with van der Waals surface area (Å²) in [5.74, 6) is -0.866. The lowest BCUT2D eigenvalue weighted by atomic mass is 10.0. The van der Waals surface area contributed by atoms with Crippen molar-refractivity contribution < 1.29 is 23.8 Å². The maximum absolute atomic E-state index is 14.5. The molecule has 0 aliphatic carbocycles. The summed E-state index contributed by atoms with van der Waals surface area (Å²) in [6, 6.07) is 5.22. The molecule has 1 unspecified atom stereocenters. The minimum atomic E-state index is -0.956. The standard InChI is InChI=1S/C21H20F2N4O3S/c22-14-1-2-17-18(9-14)31-20(25-17)26-21(30)27-5-3-13(4-6-27)19-16(23)8-12(10-24-19)7-15(29)11-28/h1-3,8-10,15,28-29H,4-7,11H2,(H,25,26,30). The van der Waals surface area contributed by atoms with Gasteiger partial charge in [-0.1, -0.05) is 17.4 Å². The number of hydrogen-bond acceptors (Lipinski definition) is 6. The summed E-state index contributed by atoms with van der Waals surface area (Å²) in [5, 5.41) is 21.5. The third-order valence-electron chi connectivity index (χ3n) is 4.94. The molecule has 0 spiro atoms. The number of rotatable bonds is 5. The minimum absolute atomic E-state index is 0.117. The molecule has 31 heavy (non-hydrogen) atoms. The summed E-state index contributed by atoms with van der Waals surface area (Å²) in [6.07, 6.45) is 2.83. The average molecular weight is 446 g/mol. The maximum atomic E-state index is 14.5. The van der Waals surface area contributed by atoms with Crippen LogP contribution in [0.15, 0.2) is 36.5 Å². The highest BCUT2D eigenvalue weighted by Gasteiger charge is 2.21. The van der Waals surface area contributed by atoms with E-state index < -0.39 is 18.5 Å². The van der Waals surface area contributed by atoms with E-state index in [2.05, 4.69) is 15.3 Å². The maximum Gasteiger partial charge on any atom is 0.323 e. The Balaban J connectivity index is 1.40. The van der Waals surface area contributed by atoms with E-state index >= 15 is 0 Å². The van der Waals surface area contributed by atoms with Gasteiger partial charge in [-0.05, 0) is 41.8 Å². The zero-order valence-corrected chi connectivity index (χ0v) is 17.2. The highest BCUT2D eigenvalue weighted by Crippen LogP contribution is 2.28. The molecule has 0 saturated carbocycles. The molecule has 0 saturated heterocycles. The quantitative estimate of drug-likeness (QED) is 0.559. The summed E-state index contributed by atoms with van der Waals surface area (Å²) in [7, 11) is 0. The van der Waals surface area contributed by atoms with Crippen molar-refractivity contribution in [2.24, 2.45) is 0 Å². The molecule has 7 nitrogen and oxygen atoms in total. The van der Waals surface area contributed by atoms with Crippen molar-refractivity contribution >= 4 is 38.3 Å². The van der Waals surface area contributed by atoms with Crippen LogP contribution in [0.5, 0.6) is 0 Å². The number of aromatic nitrogens is 2. The number of anilines is 1. The molecule has 2 amide bonds. The summed E-state index contributed by atoms with van der Waals surface area (Å²) >= 11 is 1.19. The zero-order valence-electron chi connectivity index (χ0n) is 16.4. The fourth-order valence-corrected chi connectivity index (χ4v) is 4.23. The Morgan fingerprint density at radius 2 is 2.16 bits per heavy atom. The summed E-state index contributed by atoms with van der Waals surface area (Å²) in [6.45, 7) is 0.260. The van der Waals surface area contributed by atoms with Gasteiger partial charge >= 0.3 is 6.03 Å². The molecule has 0 bridgehead atoms. The third-order valence-corrected chi connectivity index (χ3v) is 5.88. The predicted molar refractivity (Wildman–Crippen MR) is 114 cm³/mol. The van der Waals surface area contributed by atoms with Crippen LogP contribution in [0.2, 0.25) is 0 Å². The molecule has 3 aromatic rings. The summed E-state index contributed by atoms with van der Waals surface area (Å²) in [4.78, 5) is 22.6. The van der Waals surface area contributed by atoms with Crippen molar-refractivity contribution in [3.8, 4) is 0 Å². The number of thiazole rings is 1. The Hall–Kier alpha value is -2.95. The molecule has 2 aromatic heterocycles. The van der Waals surface area contributed by atoms with E-state index in [1.54, 1.807) is 17.0 Å². The lowest BCUT2D eigenvalue weighted by molar-refractivity contribution is 0.0954. The van der Waals surface area contributed by atoms with Gasteiger partial charge in [-0.15, -0.1) is 0 Å². The van der Waals surface area contributed by atoms with Gasteiger partial charge in [0.2, 0.25) is 0 Å². The van der Waals surface area contributed by atoms with E-state index in [9.17, 15) is 18.7 Å². The second-order valence-corrected chi connectivity index (χ2v) is 8.23. The van der Waals surface area contributed by atoms with E-state index in [-0.39, 0.29) is 30.5 Å². The molecule has 0 radical (unpaired) electrons. The fourth-order valence-electron chi connectivity index (χ4n) is 3.35. The Morgan fingerprint density at radius 1 is 1.32 bits per heavy atom. The number of urea groups is 1. The Morgan fingerprint density at radius 3 is 2.87 bits per heavy atom.